The molecule has 2 atom stereocenters. The maximum absolute atomic E-state index is 13.2. The first-order valence-corrected chi connectivity index (χ1v) is 8.73. The number of non-ortho nitro benzene ring substituents is 1. The number of imide groups is 1. The molecule has 12 heteroatoms. The number of carbonyl (C=O) groups is 3. The second kappa shape index (κ2) is 8.28. The molecule has 0 aliphatic carbocycles. The molecule has 1 aromatic carbocycles. The quantitative estimate of drug-likeness (QED) is 0.407. The zero-order valence-electron chi connectivity index (χ0n) is 16.3. The third-order valence-electron chi connectivity index (χ3n) is 4.09. The highest BCUT2D eigenvalue weighted by molar-refractivity contribution is 6.01. The second-order valence-electron chi connectivity index (χ2n) is 7.57. The van der Waals surface area contributed by atoms with Crippen molar-refractivity contribution in [3.8, 4) is 0 Å². The van der Waals surface area contributed by atoms with Gasteiger partial charge >= 0.3 is 18.2 Å². The highest BCUT2D eigenvalue weighted by Gasteiger charge is 2.58. The van der Waals surface area contributed by atoms with Gasteiger partial charge in [0.05, 0.1) is 4.92 Å². The standard InChI is InChI=1S/C18H19F3N2O7/c1-17(2,3)30-16(26)22-13(8-12(14(22)24)18(19,20)21)15(25)29-9-10-4-6-11(7-5-10)23(27)28/h4-7,12-13H,8-9H2,1-3H3/t12-,13-/m0/s1. The Morgan fingerprint density at radius 1 is 1.20 bits per heavy atom. The number of amides is 2. The van der Waals surface area contributed by atoms with Crippen molar-refractivity contribution < 1.29 is 42.0 Å². The molecule has 0 saturated carbocycles. The predicted octanol–water partition coefficient (Wildman–Crippen LogP) is 3.35. The third-order valence-corrected chi connectivity index (χ3v) is 4.09. The Morgan fingerprint density at radius 3 is 2.23 bits per heavy atom. The van der Waals surface area contributed by atoms with Gasteiger partial charge < -0.3 is 9.47 Å². The van der Waals surface area contributed by atoms with Gasteiger partial charge in [0.15, 0.2) is 0 Å². The van der Waals surface area contributed by atoms with E-state index in [0.717, 1.165) is 12.1 Å². The molecule has 0 radical (unpaired) electrons. The van der Waals surface area contributed by atoms with Crippen LogP contribution in [0.15, 0.2) is 24.3 Å². The number of nitro benzene ring substituents is 1. The number of hydrogen-bond acceptors (Lipinski definition) is 7. The van der Waals surface area contributed by atoms with Gasteiger partial charge in [-0.25, -0.2) is 14.5 Å². The highest BCUT2D eigenvalue weighted by atomic mass is 19.4. The average molecular weight is 432 g/mol. The van der Waals surface area contributed by atoms with Crippen LogP contribution in [0.4, 0.5) is 23.7 Å². The van der Waals surface area contributed by atoms with E-state index in [1.807, 2.05) is 0 Å². The number of carbonyl (C=O) groups excluding carboxylic acids is 3. The Labute approximate surface area is 168 Å². The number of esters is 1. The van der Waals surface area contributed by atoms with E-state index in [-0.39, 0.29) is 10.6 Å². The Balaban J connectivity index is 2.17. The number of halogens is 3. The molecule has 1 heterocycles. The van der Waals surface area contributed by atoms with Gasteiger partial charge in [0.2, 0.25) is 5.91 Å². The first-order chi connectivity index (χ1) is 13.7. The minimum atomic E-state index is -4.95. The molecule has 1 saturated heterocycles. The number of nitrogens with zero attached hydrogens (tertiary/aromatic N) is 2. The van der Waals surface area contributed by atoms with Gasteiger partial charge in [0.1, 0.15) is 24.2 Å². The minimum Gasteiger partial charge on any atom is -0.459 e. The number of benzene rings is 1. The van der Waals surface area contributed by atoms with E-state index in [1.54, 1.807) is 0 Å². The van der Waals surface area contributed by atoms with Crippen LogP contribution in [0.2, 0.25) is 0 Å². The molecule has 1 fully saturated rings. The monoisotopic (exact) mass is 432 g/mol. The summed E-state index contributed by atoms with van der Waals surface area (Å²) in [6.07, 6.45) is -7.32. The van der Waals surface area contributed by atoms with Crippen molar-refractivity contribution in [3.63, 3.8) is 0 Å². The van der Waals surface area contributed by atoms with E-state index < -0.39 is 59.7 Å². The van der Waals surface area contributed by atoms with Crippen molar-refractivity contribution >= 4 is 23.7 Å². The SMILES string of the molecule is CC(C)(C)OC(=O)N1C(=O)[C@@H](C(F)(F)F)C[C@H]1C(=O)OCc1ccc([N+](=O)[O-])cc1. The molecule has 0 spiro atoms. The van der Waals surface area contributed by atoms with Crippen LogP contribution in [0.25, 0.3) is 0 Å². The van der Waals surface area contributed by atoms with Gasteiger partial charge in [-0.2, -0.15) is 13.2 Å². The van der Waals surface area contributed by atoms with Crippen molar-refractivity contribution in [1.82, 2.24) is 4.90 Å². The Morgan fingerprint density at radius 2 is 1.77 bits per heavy atom. The molecule has 164 valence electrons. The number of nitro groups is 1. The van der Waals surface area contributed by atoms with E-state index in [1.165, 1.54) is 32.9 Å². The fourth-order valence-corrected chi connectivity index (χ4v) is 2.72. The van der Waals surface area contributed by atoms with Gasteiger partial charge in [-0.05, 0) is 44.9 Å². The summed E-state index contributed by atoms with van der Waals surface area (Å²) in [5.41, 5.74) is -0.981. The molecule has 0 aromatic heterocycles. The maximum atomic E-state index is 13.2. The summed E-state index contributed by atoms with van der Waals surface area (Å²) < 4.78 is 49.4. The summed E-state index contributed by atoms with van der Waals surface area (Å²) >= 11 is 0. The van der Waals surface area contributed by atoms with E-state index >= 15 is 0 Å². The summed E-state index contributed by atoms with van der Waals surface area (Å²) in [5.74, 6) is -5.35. The van der Waals surface area contributed by atoms with Crippen LogP contribution in [-0.4, -0.2) is 45.6 Å². The molecule has 2 rings (SSSR count). The Kier molecular flexibility index (Phi) is 6.38. The van der Waals surface area contributed by atoms with Crippen LogP contribution >= 0.6 is 0 Å². The largest absolute Gasteiger partial charge is 0.459 e. The fraction of sp³-hybridized carbons (Fsp3) is 0.500. The lowest BCUT2D eigenvalue weighted by molar-refractivity contribution is -0.384. The number of ether oxygens (including phenoxy) is 2. The predicted molar refractivity (Wildman–Crippen MR) is 93.9 cm³/mol. The third kappa shape index (κ3) is 5.45. The average Bonchev–Trinajstić information content (AvgIpc) is 2.96. The minimum absolute atomic E-state index is 0.140. The zero-order chi connectivity index (χ0) is 22.9. The maximum Gasteiger partial charge on any atom is 0.417 e. The van der Waals surface area contributed by atoms with E-state index in [9.17, 15) is 37.7 Å². The van der Waals surface area contributed by atoms with E-state index in [0.29, 0.717) is 5.56 Å². The van der Waals surface area contributed by atoms with Crippen molar-refractivity contribution in [3.05, 3.63) is 39.9 Å². The summed E-state index contributed by atoms with van der Waals surface area (Å²) in [6, 6.07) is 3.12. The Bertz CT molecular complexity index is 847. The molecule has 0 N–H and O–H groups in total. The van der Waals surface area contributed by atoms with Crippen LogP contribution < -0.4 is 0 Å². The summed E-state index contributed by atoms with van der Waals surface area (Å²) in [6.45, 7) is 3.94. The molecule has 2 amide bonds. The summed E-state index contributed by atoms with van der Waals surface area (Å²) in [7, 11) is 0. The normalized spacial score (nSPS) is 19.5. The first-order valence-electron chi connectivity index (χ1n) is 8.73. The summed E-state index contributed by atoms with van der Waals surface area (Å²) in [5, 5.41) is 10.6. The van der Waals surface area contributed by atoms with E-state index in [4.69, 9.17) is 9.47 Å². The number of alkyl halides is 3. The van der Waals surface area contributed by atoms with Crippen LogP contribution in [0.5, 0.6) is 0 Å². The number of rotatable bonds is 4. The molecule has 9 nitrogen and oxygen atoms in total. The second-order valence-corrected chi connectivity index (χ2v) is 7.57. The van der Waals surface area contributed by atoms with Crippen LogP contribution in [0, 0.1) is 16.0 Å². The lowest BCUT2D eigenvalue weighted by atomic mass is 10.0. The van der Waals surface area contributed by atoms with Gasteiger partial charge in [-0.15, -0.1) is 0 Å². The smallest absolute Gasteiger partial charge is 0.417 e. The highest BCUT2D eigenvalue weighted by Crippen LogP contribution is 2.38. The molecule has 0 bridgehead atoms. The first kappa shape index (κ1) is 23.1. The Hall–Kier alpha value is -3.18. The molecular weight excluding hydrogens is 413 g/mol. The molecular formula is C18H19F3N2O7. The van der Waals surface area contributed by atoms with Gasteiger partial charge in [-0.3, -0.25) is 14.9 Å². The number of likely N-dealkylation sites (tertiary alicyclic amines) is 1. The lowest BCUT2D eigenvalue weighted by Gasteiger charge is -2.26. The van der Waals surface area contributed by atoms with Gasteiger partial charge in [0.25, 0.3) is 5.69 Å². The topological polar surface area (TPSA) is 116 Å². The van der Waals surface area contributed by atoms with Crippen molar-refractivity contribution in [2.24, 2.45) is 5.92 Å². The molecule has 1 aromatic rings. The summed E-state index contributed by atoms with van der Waals surface area (Å²) in [4.78, 5) is 47.0. The van der Waals surface area contributed by atoms with Crippen molar-refractivity contribution in [1.29, 1.82) is 0 Å². The molecule has 1 aliphatic rings. The zero-order valence-corrected chi connectivity index (χ0v) is 16.3. The van der Waals surface area contributed by atoms with Gasteiger partial charge in [-0.1, -0.05) is 0 Å². The van der Waals surface area contributed by atoms with Crippen molar-refractivity contribution in [2.45, 2.75) is 51.6 Å². The molecule has 0 unspecified atom stereocenters. The molecule has 1 aliphatic heterocycles. The van der Waals surface area contributed by atoms with Crippen LogP contribution in [-0.2, 0) is 25.7 Å². The van der Waals surface area contributed by atoms with Crippen LogP contribution in [0.1, 0.15) is 32.8 Å². The van der Waals surface area contributed by atoms with E-state index in [2.05, 4.69) is 0 Å². The van der Waals surface area contributed by atoms with Crippen LogP contribution in [0.3, 0.4) is 0 Å². The van der Waals surface area contributed by atoms with Gasteiger partial charge in [0, 0.05) is 12.1 Å². The number of hydrogen-bond donors (Lipinski definition) is 0. The van der Waals surface area contributed by atoms with Crippen molar-refractivity contribution in [2.75, 3.05) is 0 Å². The lowest BCUT2D eigenvalue weighted by Crippen LogP contribution is -2.46. The fourth-order valence-electron chi connectivity index (χ4n) is 2.72. The molecule has 30 heavy (non-hydrogen) atoms.